The lowest BCUT2D eigenvalue weighted by Gasteiger charge is -2.06. The van der Waals surface area contributed by atoms with Crippen molar-refractivity contribution in [2.24, 2.45) is 0 Å². The Bertz CT molecular complexity index is 290. The van der Waals surface area contributed by atoms with E-state index >= 15 is 0 Å². The second-order valence-corrected chi connectivity index (χ2v) is 3.19. The zero-order valence-corrected chi connectivity index (χ0v) is 8.84. The molecule has 0 amide bonds. The summed E-state index contributed by atoms with van der Waals surface area (Å²) in [7, 11) is 3.62. The predicted molar refractivity (Wildman–Crippen MR) is 60.6 cm³/mol. The molecule has 14 heavy (non-hydrogen) atoms. The van der Waals surface area contributed by atoms with Crippen molar-refractivity contribution in [1.29, 1.82) is 0 Å². The number of rotatable bonds is 5. The maximum absolute atomic E-state index is 5.09. The molecule has 0 radical (unpaired) electrons. The van der Waals surface area contributed by atoms with E-state index < -0.39 is 0 Å². The fraction of sp³-hybridized carbons (Fsp3) is 0.333. The van der Waals surface area contributed by atoms with E-state index in [4.69, 9.17) is 4.74 Å². The Morgan fingerprint density at radius 2 is 2.00 bits per heavy atom. The molecule has 76 valence electrons. The van der Waals surface area contributed by atoms with Gasteiger partial charge >= 0.3 is 0 Å². The molecule has 0 atom stereocenters. The third-order valence-corrected chi connectivity index (χ3v) is 2.18. The Morgan fingerprint density at radius 3 is 2.50 bits per heavy atom. The zero-order valence-electron chi connectivity index (χ0n) is 8.84. The van der Waals surface area contributed by atoms with Crippen LogP contribution in [0, 0.1) is 0 Å². The molecule has 1 aromatic rings. The van der Waals surface area contributed by atoms with Gasteiger partial charge in [-0.05, 0) is 43.3 Å². The molecule has 0 aromatic heterocycles. The lowest BCUT2D eigenvalue weighted by atomic mass is 10.0. The number of ether oxygens (including phenoxy) is 1. The van der Waals surface area contributed by atoms with Gasteiger partial charge in [-0.3, -0.25) is 0 Å². The Labute approximate surface area is 85.6 Å². The van der Waals surface area contributed by atoms with E-state index in [9.17, 15) is 0 Å². The first-order valence-corrected chi connectivity index (χ1v) is 4.74. The summed E-state index contributed by atoms with van der Waals surface area (Å²) in [6.45, 7) is 5.00. The summed E-state index contributed by atoms with van der Waals surface area (Å²) < 4.78 is 5.09. The van der Waals surface area contributed by atoms with E-state index in [-0.39, 0.29) is 0 Å². The van der Waals surface area contributed by atoms with Crippen LogP contribution in [0.3, 0.4) is 0 Å². The largest absolute Gasteiger partial charge is 0.497 e. The van der Waals surface area contributed by atoms with Crippen molar-refractivity contribution in [2.75, 3.05) is 20.7 Å². The average molecular weight is 191 g/mol. The molecule has 1 aromatic carbocycles. The van der Waals surface area contributed by atoms with Crippen molar-refractivity contribution < 1.29 is 4.74 Å². The van der Waals surface area contributed by atoms with E-state index in [0.29, 0.717) is 0 Å². The molecule has 1 rings (SSSR count). The third-order valence-electron chi connectivity index (χ3n) is 2.18. The van der Waals surface area contributed by atoms with Crippen LogP contribution in [0.25, 0.3) is 5.57 Å². The molecule has 0 aliphatic heterocycles. The normalized spacial score (nSPS) is 9.86. The van der Waals surface area contributed by atoms with Gasteiger partial charge in [-0.15, -0.1) is 0 Å². The maximum atomic E-state index is 5.09. The number of methoxy groups -OCH3 is 1. The molecule has 0 aliphatic carbocycles. The van der Waals surface area contributed by atoms with Gasteiger partial charge in [0.25, 0.3) is 0 Å². The monoisotopic (exact) mass is 191 g/mol. The lowest BCUT2D eigenvalue weighted by molar-refractivity contribution is 0.415. The van der Waals surface area contributed by atoms with Crippen molar-refractivity contribution >= 4 is 5.57 Å². The maximum Gasteiger partial charge on any atom is 0.118 e. The number of nitrogens with one attached hydrogen (secondary N) is 1. The fourth-order valence-electron chi connectivity index (χ4n) is 1.25. The predicted octanol–water partition coefficient (Wildman–Crippen LogP) is 2.32. The second kappa shape index (κ2) is 5.45. The minimum absolute atomic E-state index is 0.884. The highest BCUT2D eigenvalue weighted by Crippen LogP contribution is 2.19. The summed E-state index contributed by atoms with van der Waals surface area (Å²) >= 11 is 0. The van der Waals surface area contributed by atoms with Gasteiger partial charge in [-0.25, -0.2) is 0 Å². The Balaban J connectivity index is 2.62. The van der Waals surface area contributed by atoms with Gasteiger partial charge in [-0.2, -0.15) is 0 Å². The highest BCUT2D eigenvalue weighted by Gasteiger charge is 1.98. The van der Waals surface area contributed by atoms with Gasteiger partial charge in [0.15, 0.2) is 0 Å². The summed E-state index contributed by atoms with van der Waals surface area (Å²) in [6, 6.07) is 7.99. The van der Waals surface area contributed by atoms with Crippen LogP contribution in [0.15, 0.2) is 30.8 Å². The molecule has 2 heteroatoms. The molecule has 0 aliphatic rings. The molecule has 0 saturated carbocycles. The number of hydrogen-bond acceptors (Lipinski definition) is 2. The van der Waals surface area contributed by atoms with E-state index in [0.717, 1.165) is 24.3 Å². The molecular weight excluding hydrogens is 174 g/mol. The molecule has 0 spiro atoms. The first kappa shape index (κ1) is 10.8. The van der Waals surface area contributed by atoms with Gasteiger partial charge in [0, 0.05) is 0 Å². The SMILES string of the molecule is C=C(CCNC)c1ccc(OC)cc1. The summed E-state index contributed by atoms with van der Waals surface area (Å²) in [5.41, 5.74) is 2.34. The van der Waals surface area contributed by atoms with Crippen LogP contribution >= 0.6 is 0 Å². The Morgan fingerprint density at radius 1 is 1.36 bits per heavy atom. The number of benzene rings is 1. The zero-order chi connectivity index (χ0) is 10.4. The Kier molecular flexibility index (Phi) is 4.20. The minimum Gasteiger partial charge on any atom is -0.497 e. The van der Waals surface area contributed by atoms with Gasteiger partial charge in [0.2, 0.25) is 0 Å². The quantitative estimate of drug-likeness (QED) is 0.771. The van der Waals surface area contributed by atoms with Gasteiger partial charge in [0.1, 0.15) is 5.75 Å². The minimum atomic E-state index is 0.884. The molecule has 0 heterocycles. The standard InChI is InChI=1S/C12H17NO/c1-10(8-9-13-2)11-4-6-12(14-3)7-5-11/h4-7,13H,1,8-9H2,2-3H3. The topological polar surface area (TPSA) is 21.3 Å². The molecule has 1 N–H and O–H groups in total. The molecule has 0 saturated heterocycles. The van der Waals surface area contributed by atoms with Crippen molar-refractivity contribution in [3.8, 4) is 5.75 Å². The first-order valence-electron chi connectivity index (χ1n) is 4.74. The molecule has 0 fully saturated rings. The van der Waals surface area contributed by atoms with Crippen LogP contribution in [0.1, 0.15) is 12.0 Å². The summed E-state index contributed by atoms with van der Waals surface area (Å²) in [4.78, 5) is 0. The Hall–Kier alpha value is -1.28. The molecule has 0 bridgehead atoms. The van der Waals surface area contributed by atoms with E-state index in [1.165, 1.54) is 5.56 Å². The van der Waals surface area contributed by atoms with Crippen LogP contribution in [0.5, 0.6) is 5.75 Å². The fourth-order valence-corrected chi connectivity index (χ4v) is 1.25. The van der Waals surface area contributed by atoms with E-state index in [2.05, 4.69) is 11.9 Å². The van der Waals surface area contributed by atoms with E-state index in [1.807, 2.05) is 31.3 Å². The smallest absolute Gasteiger partial charge is 0.118 e. The van der Waals surface area contributed by atoms with Gasteiger partial charge < -0.3 is 10.1 Å². The third kappa shape index (κ3) is 2.89. The van der Waals surface area contributed by atoms with Crippen LogP contribution in [0.4, 0.5) is 0 Å². The molecule has 0 unspecified atom stereocenters. The van der Waals surface area contributed by atoms with Crippen molar-refractivity contribution in [3.05, 3.63) is 36.4 Å². The average Bonchev–Trinajstić information content (AvgIpc) is 2.26. The van der Waals surface area contributed by atoms with Gasteiger partial charge in [0.05, 0.1) is 7.11 Å². The first-order chi connectivity index (χ1) is 6.77. The van der Waals surface area contributed by atoms with Crippen LogP contribution in [0.2, 0.25) is 0 Å². The highest BCUT2D eigenvalue weighted by molar-refractivity contribution is 5.63. The van der Waals surface area contributed by atoms with Crippen molar-refractivity contribution in [3.63, 3.8) is 0 Å². The summed E-state index contributed by atoms with van der Waals surface area (Å²) in [5, 5.41) is 3.11. The van der Waals surface area contributed by atoms with Crippen LogP contribution in [-0.4, -0.2) is 20.7 Å². The highest BCUT2D eigenvalue weighted by atomic mass is 16.5. The number of hydrogen-bond donors (Lipinski definition) is 1. The molecule has 2 nitrogen and oxygen atoms in total. The summed E-state index contributed by atoms with van der Waals surface area (Å²) in [5.74, 6) is 0.884. The van der Waals surface area contributed by atoms with Crippen LogP contribution in [-0.2, 0) is 0 Å². The van der Waals surface area contributed by atoms with E-state index in [1.54, 1.807) is 7.11 Å². The van der Waals surface area contributed by atoms with Crippen molar-refractivity contribution in [2.45, 2.75) is 6.42 Å². The van der Waals surface area contributed by atoms with Gasteiger partial charge in [-0.1, -0.05) is 18.7 Å². The van der Waals surface area contributed by atoms with Crippen LogP contribution < -0.4 is 10.1 Å². The molecular formula is C12H17NO. The van der Waals surface area contributed by atoms with Crippen molar-refractivity contribution in [1.82, 2.24) is 5.32 Å². The second-order valence-electron chi connectivity index (χ2n) is 3.19. The summed E-state index contributed by atoms with van der Waals surface area (Å²) in [6.07, 6.45) is 0.975. The lowest BCUT2D eigenvalue weighted by Crippen LogP contribution is -2.07.